The molecule has 0 aliphatic carbocycles. The molecule has 3 aromatic heterocycles. The lowest BCUT2D eigenvalue weighted by Gasteiger charge is -2.27. The Kier molecular flexibility index (Phi) is 9.11. The van der Waals surface area contributed by atoms with E-state index in [4.69, 9.17) is 9.47 Å². The monoisotopic (exact) mass is 648 g/mol. The molecule has 17 heteroatoms. The lowest BCUT2D eigenvalue weighted by molar-refractivity contribution is -0.138. The van der Waals surface area contributed by atoms with E-state index >= 15 is 0 Å². The zero-order valence-corrected chi connectivity index (χ0v) is 25.5. The molecule has 240 valence electrons. The minimum Gasteiger partial charge on any atom is -0.497 e. The maximum Gasteiger partial charge on any atom is 0.423 e. The standard InChI is InChI=1S/C28H31F3N8O5S/c1-18(35-24-13-34-39(26(40)25(24)28(29,30)31)14-19-4-6-22(43-2)7-5-19)16-44-17-20-10-21-15-37(8-9-38(21)36-20)27-32-11-23(12-33-27)45(3,41)42/h4-7,10-13,18,35H,8-9,14-17H2,1-3H3. The molecule has 1 N–H and O–H groups in total. The second-order valence-corrected chi connectivity index (χ2v) is 12.6. The van der Waals surface area contributed by atoms with Crippen molar-refractivity contribution < 1.29 is 31.1 Å². The zero-order valence-electron chi connectivity index (χ0n) is 24.7. The van der Waals surface area contributed by atoms with Crippen molar-refractivity contribution in [3.05, 3.63) is 81.8 Å². The van der Waals surface area contributed by atoms with Crippen LogP contribution in [0.25, 0.3) is 0 Å². The molecular formula is C28H31F3N8O5S. The first-order valence-electron chi connectivity index (χ1n) is 13.8. The highest BCUT2D eigenvalue weighted by Crippen LogP contribution is 2.32. The molecule has 0 amide bonds. The number of rotatable bonds is 11. The van der Waals surface area contributed by atoms with Crippen LogP contribution < -0.4 is 20.5 Å². The number of hydrogen-bond donors (Lipinski definition) is 1. The van der Waals surface area contributed by atoms with Crippen molar-refractivity contribution in [3.63, 3.8) is 0 Å². The van der Waals surface area contributed by atoms with Crippen LogP contribution in [0.4, 0.5) is 24.8 Å². The van der Waals surface area contributed by atoms with Crippen LogP contribution in [-0.2, 0) is 47.0 Å². The van der Waals surface area contributed by atoms with Crippen molar-refractivity contribution in [1.29, 1.82) is 0 Å². The van der Waals surface area contributed by atoms with E-state index in [1.54, 1.807) is 31.2 Å². The van der Waals surface area contributed by atoms with E-state index in [0.717, 1.165) is 22.8 Å². The van der Waals surface area contributed by atoms with Crippen LogP contribution in [0, 0.1) is 0 Å². The number of alkyl halides is 3. The minimum absolute atomic E-state index is 0.0288. The van der Waals surface area contributed by atoms with E-state index in [-0.39, 0.29) is 24.7 Å². The highest BCUT2D eigenvalue weighted by atomic mass is 32.2. The molecule has 5 rings (SSSR count). The molecule has 0 bridgehead atoms. The van der Waals surface area contributed by atoms with Crippen LogP contribution in [0.3, 0.4) is 0 Å². The number of hydrogen-bond acceptors (Lipinski definition) is 11. The molecule has 1 aliphatic heterocycles. The number of sulfone groups is 1. The largest absolute Gasteiger partial charge is 0.497 e. The van der Waals surface area contributed by atoms with Crippen molar-refractivity contribution in [1.82, 2.24) is 29.5 Å². The predicted octanol–water partition coefficient (Wildman–Crippen LogP) is 2.75. The van der Waals surface area contributed by atoms with Gasteiger partial charge in [0.15, 0.2) is 9.84 Å². The van der Waals surface area contributed by atoms with Crippen LogP contribution in [0.15, 0.2) is 58.6 Å². The fourth-order valence-electron chi connectivity index (χ4n) is 4.77. The Morgan fingerprint density at radius 1 is 1.09 bits per heavy atom. The van der Waals surface area contributed by atoms with Crippen LogP contribution >= 0.6 is 0 Å². The second kappa shape index (κ2) is 12.8. The van der Waals surface area contributed by atoms with Crippen molar-refractivity contribution in [2.24, 2.45) is 0 Å². The van der Waals surface area contributed by atoms with E-state index in [2.05, 4.69) is 25.5 Å². The summed E-state index contributed by atoms with van der Waals surface area (Å²) in [6.45, 7) is 3.18. The molecule has 1 aliphatic rings. The predicted molar refractivity (Wildman–Crippen MR) is 157 cm³/mol. The molecule has 0 saturated carbocycles. The van der Waals surface area contributed by atoms with Gasteiger partial charge in [-0.25, -0.2) is 23.1 Å². The molecule has 45 heavy (non-hydrogen) atoms. The fraction of sp³-hybridized carbons (Fsp3) is 0.393. The Labute approximate surface area is 256 Å². The SMILES string of the molecule is COc1ccc(Cn2ncc(NC(C)COCc3cc4n(n3)CCN(c3ncc(S(C)(=O)=O)cn3)C4)c(C(F)(F)F)c2=O)cc1. The van der Waals surface area contributed by atoms with Gasteiger partial charge in [0.2, 0.25) is 5.95 Å². The molecule has 0 saturated heterocycles. The third-order valence-corrected chi connectivity index (χ3v) is 8.08. The van der Waals surface area contributed by atoms with E-state index in [1.807, 2.05) is 15.6 Å². The fourth-order valence-corrected chi connectivity index (χ4v) is 5.26. The lowest BCUT2D eigenvalue weighted by atomic mass is 10.2. The summed E-state index contributed by atoms with van der Waals surface area (Å²) in [6, 6.07) is 7.85. The number of ether oxygens (including phenoxy) is 2. The van der Waals surface area contributed by atoms with Crippen LogP contribution in [0.2, 0.25) is 0 Å². The van der Waals surface area contributed by atoms with Gasteiger partial charge >= 0.3 is 6.18 Å². The summed E-state index contributed by atoms with van der Waals surface area (Å²) in [7, 11) is -1.90. The Balaban J connectivity index is 1.18. The van der Waals surface area contributed by atoms with Crippen LogP contribution in [0.1, 0.15) is 29.4 Å². The molecule has 4 heterocycles. The number of benzene rings is 1. The number of nitrogens with zero attached hydrogens (tertiary/aromatic N) is 7. The maximum absolute atomic E-state index is 14.0. The summed E-state index contributed by atoms with van der Waals surface area (Å²) in [5.74, 6) is 0.977. The first-order valence-corrected chi connectivity index (χ1v) is 15.7. The van der Waals surface area contributed by atoms with Crippen LogP contribution in [0.5, 0.6) is 5.75 Å². The van der Waals surface area contributed by atoms with Gasteiger partial charge in [-0.05, 0) is 30.7 Å². The Morgan fingerprint density at radius 2 is 1.80 bits per heavy atom. The smallest absolute Gasteiger partial charge is 0.423 e. The lowest BCUT2D eigenvalue weighted by Crippen LogP contribution is -2.35. The van der Waals surface area contributed by atoms with Gasteiger partial charge in [-0.2, -0.15) is 23.4 Å². The van der Waals surface area contributed by atoms with Crippen LogP contribution in [-0.4, -0.2) is 70.5 Å². The van der Waals surface area contributed by atoms with E-state index in [1.165, 1.54) is 19.5 Å². The van der Waals surface area contributed by atoms with E-state index in [9.17, 15) is 26.4 Å². The molecule has 1 aromatic carbocycles. The number of methoxy groups -OCH3 is 1. The number of aromatic nitrogens is 6. The van der Waals surface area contributed by atoms with Crippen molar-refractivity contribution in [3.8, 4) is 5.75 Å². The number of fused-ring (bicyclic) bond motifs is 1. The molecule has 1 atom stereocenters. The summed E-state index contributed by atoms with van der Waals surface area (Å²) < 4.78 is 78.7. The van der Waals surface area contributed by atoms with Crippen molar-refractivity contribution in [2.75, 3.05) is 36.7 Å². The maximum atomic E-state index is 14.0. The topological polar surface area (TPSA) is 146 Å². The second-order valence-electron chi connectivity index (χ2n) is 10.6. The summed E-state index contributed by atoms with van der Waals surface area (Å²) >= 11 is 0. The summed E-state index contributed by atoms with van der Waals surface area (Å²) in [6.07, 6.45) is -0.266. The van der Waals surface area contributed by atoms with Gasteiger partial charge in [0.1, 0.15) is 16.2 Å². The highest BCUT2D eigenvalue weighted by Gasteiger charge is 2.38. The highest BCUT2D eigenvalue weighted by molar-refractivity contribution is 7.90. The molecule has 0 fully saturated rings. The number of halogens is 3. The third-order valence-electron chi connectivity index (χ3n) is 7.01. The summed E-state index contributed by atoms with van der Waals surface area (Å²) in [5, 5.41) is 11.2. The third kappa shape index (κ3) is 7.59. The van der Waals surface area contributed by atoms with Gasteiger partial charge in [0.05, 0.1) is 75.6 Å². The summed E-state index contributed by atoms with van der Waals surface area (Å²) in [5.41, 5.74) is -0.931. The average molecular weight is 649 g/mol. The van der Waals surface area contributed by atoms with E-state index < -0.39 is 38.9 Å². The zero-order chi connectivity index (χ0) is 32.4. The molecule has 0 radical (unpaired) electrons. The normalized spacial score (nSPS) is 14.2. The quantitative estimate of drug-likeness (QED) is 0.256. The van der Waals surface area contributed by atoms with Gasteiger partial charge in [-0.3, -0.25) is 9.48 Å². The molecule has 0 spiro atoms. The molecule has 1 unspecified atom stereocenters. The molecule has 4 aromatic rings. The first kappa shape index (κ1) is 31.9. The van der Waals surface area contributed by atoms with Gasteiger partial charge in [-0.15, -0.1) is 0 Å². The Morgan fingerprint density at radius 3 is 2.44 bits per heavy atom. The molecular weight excluding hydrogens is 617 g/mol. The van der Waals surface area contributed by atoms with Gasteiger partial charge in [0.25, 0.3) is 5.56 Å². The Bertz CT molecular complexity index is 1810. The Hall–Kier alpha value is -4.51. The minimum atomic E-state index is -4.91. The first-order chi connectivity index (χ1) is 21.3. The van der Waals surface area contributed by atoms with Gasteiger partial charge < -0.3 is 19.7 Å². The number of anilines is 2. The van der Waals surface area contributed by atoms with E-state index in [0.29, 0.717) is 42.6 Å². The summed E-state index contributed by atoms with van der Waals surface area (Å²) in [4.78, 5) is 23.1. The van der Waals surface area contributed by atoms with Gasteiger partial charge in [0, 0.05) is 18.8 Å². The van der Waals surface area contributed by atoms with Crippen molar-refractivity contribution >= 4 is 21.5 Å². The molecule has 13 nitrogen and oxygen atoms in total. The van der Waals surface area contributed by atoms with Gasteiger partial charge in [-0.1, -0.05) is 12.1 Å². The average Bonchev–Trinajstić information content (AvgIpc) is 3.40. The number of nitrogens with one attached hydrogen (secondary N) is 1. The van der Waals surface area contributed by atoms with Crippen molar-refractivity contribution in [2.45, 2.75) is 50.3 Å².